The third-order valence-electron chi connectivity index (χ3n) is 3.04. The molecule has 0 aliphatic rings. The molecule has 0 saturated heterocycles. The maximum Gasteiger partial charge on any atom is 0.243 e. The fourth-order valence-electron chi connectivity index (χ4n) is 1.89. The van der Waals surface area contributed by atoms with Crippen LogP contribution in [0.2, 0.25) is 5.02 Å². The highest BCUT2D eigenvalue weighted by molar-refractivity contribution is 7.89. The Morgan fingerprint density at radius 3 is 2.71 bits per heavy atom. The fourth-order valence-corrected chi connectivity index (χ4v) is 4.51. The Hall–Kier alpha value is -0.920. The average Bonchev–Trinajstić information content (AvgIpc) is 2.91. The highest BCUT2D eigenvalue weighted by atomic mass is 35.5. The van der Waals surface area contributed by atoms with E-state index in [1.165, 1.54) is 15.6 Å². The zero-order valence-corrected chi connectivity index (χ0v) is 14.2. The van der Waals surface area contributed by atoms with Gasteiger partial charge in [0.2, 0.25) is 10.0 Å². The summed E-state index contributed by atoms with van der Waals surface area (Å²) in [5, 5.41) is 5.25. The molecule has 0 saturated carbocycles. The molecule has 4 nitrogen and oxygen atoms in total. The lowest BCUT2D eigenvalue weighted by Gasteiger charge is -2.17. The van der Waals surface area contributed by atoms with Gasteiger partial charge in [0, 0.05) is 35.4 Å². The van der Waals surface area contributed by atoms with Crippen LogP contribution >= 0.6 is 22.9 Å². The van der Waals surface area contributed by atoms with Crippen molar-refractivity contribution in [3.05, 3.63) is 51.2 Å². The SMILES string of the molecule is CNCc1cc(S(=O)(=O)N(C)Cc2ccccc2Cl)cs1. The second-order valence-corrected chi connectivity index (χ2v) is 8.08. The summed E-state index contributed by atoms with van der Waals surface area (Å²) < 4.78 is 26.4. The smallest absolute Gasteiger partial charge is 0.243 e. The van der Waals surface area contributed by atoms with E-state index in [4.69, 9.17) is 11.6 Å². The van der Waals surface area contributed by atoms with Crippen molar-refractivity contribution in [3.8, 4) is 0 Å². The highest BCUT2D eigenvalue weighted by Gasteiger charge is 2.22. The summed E-state index contributed by atoms with van der Waals surface area (Å²) in [5.41, 5.74) is 0.788. The quantitative estimate of drug-likeness (QED) is 0.876. The molecule has 114 valence electrons. The molecule has 0 aliphatic carbocycles. The van der Waals surface area contributed by atoms with Crippen LogP contribution in [0.3, 0.4) is 0 Å². The van der Waals surface area contributed by atoms with E-state index in [1.54, 1.807) is 24.6 Å². The summed E-state index contributed by atoms with van der Waals surface area (Å²) in [6.07, 6.45) is 0. The van der Waals surface area contributed by atoms with Gasteiger partial charge in [-0.25, -0.2) is 8.42 Å². The molecule has 0 aliphatic heterocycles. The second-order valence-electron chi connectivity index (χ2n) is 4.63. The lowest BCUT2D eigenvalue weighted by molar-refractivity contribution is 0.467. The second kappa shape index (κ2) is 6.89. The number of hydrogen-bond acceptors (Lipinski definition) is 4. The van der Waals surface area contributed by atoms with Crippen LogP contribution in [0.25, 0.3) is 0 Å². The average molecular weight is 345 g/mol. The molecule has 1 aromatic carbocycles. The maximum absolute atomic E-state index is 12.5. The molecule has 0 amide bonds. The van der Waals surface area contributed by atoms with Crippen LogP contribution in [0.15, 0.2) is 40.6 Å². The van der Waals surface area contributed by atoms with Crippen LogP contribution < -0.4 is 5.32 Å². The van der Waals surface area contributed by atoms with E-state index in [-0.39, 0.29) is 6.54 Å². The maximum atomic E-state index is 12.5. The standard InChI is InChI=1S/C14H17ClN2O2S2/c1-16-8-12-7-13(10-20-12)21(18,19)17(2)9-11-5-3-4-6-14(11)15/h3-7,10,16H,8-9H2,1-2H3. The highest BCUT2D eigenvalue weighted by Crippen LogP contribution is 2.24. The third-order valence-corrected chi connectivity index (χ3v) is 6.28. The molecular formula is C14H17ClN2O2S2. The molecule has 0 atom stereocenters. The van der Waals surface area contributed by atoms with Crippen LogP contribution in [0.5, 0.6) is 0 Å². The minimum absolute atomic E-state index is 0.249. The largest absolute Gasteiger partial charge is 0.315 e. The van der Waals surface area contributed by atoms with Crippen molar-refractivity contribution in [3.63, 3.8) is 0 Å². The van der Waals surface area contributed by atoms with Crippen LogP contribution in [0.4, 0.5) is 0 Å². The molecule has 0 radical (unpaired) electrons. The van der Waals surface area contributed by atoms with Gasteiger partial charge in [-0.2, -0.15) is 4.31 Å². The number of halogens is 1. The number of rotatable bonds is 6. The first-order chi connectivity index (χ1) is 9.95. The Labute approximate surface area is 134 Å². The molecule has 0 fully saturated rings. The number of nitrogens with zero attached hydrogens (tertiary/aromatic N) is 1. The summed E-state index contributed by atoms with van der Waals surface area (Å²) in [6.45, 7) is 0.910. The normalized spacial score (nSPS) is 12.0. The van der Waals surface area contributed by atoms with Crippen molar-refractivity contribution in [2.75, 3.05) is 14.1 Å². The molecule has 0 unspecified atom stereocenters. The summed E-state index contributed by atoms with van der Waals surface area (Å²) >= 11 is 7.52. The van der Waals surface area contributed by atoms with E-state index in [0.717, 1.165) is 10.4 Å². The van der Waals surface area contributed by atoms with Crippen LogP contribution in [-0.4, -0.2) is 26.8 Å². The van der Waals surface area contributed by atoms with Gasteiger partial charge in [-0.15, -0.1) is 11.3 Å². The molecule has 7 heteroatoms. The molecule has 0 bridgehead atoms. The van der Waals surface area contributed by atoms with E-state index in [1.807, 2.05) is 25.2 Å². The van der Waals surface area contributed by atoms with Gasteiger partial charge < -0.3 is 5.32 Å². The zero-order chi connectivity index (χ0) is 15.5. The monoisotopic (exact) mass is 344 g/mol. The van der Waals surface area contributed by atoms with Crippen molar-refractivity contribution in [2.24, 2.45) is 0 Å². The first-order valence-corrected chi connectivity index (χ1v) is 9.06. The lowest BCUT2D eigenvalue weighted by atomic mass is 10.2. The van der Waals surface area contributed by atoms with Gasteiger partial charge >= 0.3 is 0 Å². The number of hydrogen-bond donors (Lipinski definition) is 1. The third kappa shape index (κ3) is 3.84. The van der Waals surface area contributed by atoms with E-state index in [0.29, 0.717) is 16.5 Å². The van der Waals surface area contributed by atoms with Crippen LogP contribution in [0.1, 0.15) is 10.4 Å². The predicted molar refractivity (Wildman–Crippen MR) is 87.2 cm³/mol. The Balaban J connectivity index is 2.20. The van der Waals surface area contributed by atoms with Gasteiger partial charge in [0.25, 0.3) is 0 Å². The number of nitrogens with one attached hydrogen (secondary N) is 1. The van der Waals surface area contributed by atoms with Gasteiger partial charge in [0.05, 0.1) is 4.90 Å². The van der Waals surface area contributed by atoms with Crippen molar-refractivity contribution in [1.82, 2.24) is 9.62 Å². The minimum atomic E-state index is -3.49. The predicted octanol–water partition coefficient (Wildman–Crippen LogP) is 2.94. The lowest BCUT2D eigenvalue weighted by Crippen LogP contribution is -2.26. The van der Waals surface area contributed by atoms with Gasteiger partial charge in [-0.1, -0.05) is 29.8 Å². The Morgan fingerprint density at radius 1 is 1.33 bits per heavy atom. The summed E-state index contributed by atoms with van der Waals surface area (Å²) in [5.74, 6) is 0. The number of benzene rings is 1. The van der Waals surface area contributed by atoms with Gasteiger partial charge in [-0.05, 0) is 24.7 Å². The first-order valence-electron chi connectivity index (χ1n) is 6.37. The molecule has 1 aromatic heterocycles. The molecular weight excluding hydrogens is 328 g/mol. The Morgan fingerprint density at radius 2 is 2.05 bits per heavy atom. The number of thiophene rings is 1. The van der Waals surface area contributed by atoms with Gasteiger partial charge in [0.1, 0.15) is 0 Å². The molecule has 2 aromatic rings. The topological polar surface area (TPSA) is 49.4 Å². The van der Waals surface area contributed by atoms with Crippen molar-refractivity contribution in [1.29, 1.82) is 0 Å². The molecule has 0 spiro atoms. The Kier molecular flexibility index (Phi) is 5.40. The van der Waals surface area contributed by atoms with E-state index in [2.05, 4.69) is 5.32 Å². The van der Waals surface area contributed by atoms with E-state index in [9.17, 15) is 8.42 Å². The summed E-state index contributed by atoms with van der Waals surface area (Å²) in [6, 6.07) is 8.96. The number of sulfonamides is 1. The van der Waals surface area contributed by atoms with Gasteiger partial charge in [-0.3, -0.25) is 0 Å². The first kappa shape index (κ1) is 16.5. The van der Waals surface area contributed by atoms with E-state index >= 15 is 0 Å². The van der Waals surface area contributed by atoms with Crippen LogP contribution in [0, 0.1) is 0 Å². The van der Waals surface area contributed by atoms with Crippen molar-refractivity contribution in [2.45, 2.75) is 18.0 Å². The van der Waals surface area contributed by atoms with Crippen LogP contribution in [-0.2, 0) is 23.1 Å². The Bertz CT molecular complexity index is 713. The molecule has 21 heavy (non-hydrogen) atoms. The molecule has 2 rings (SSSR count). The fraction of sp³-hybridized carbons (Fsp3) is 0.286. The molecule has 1 N–H and O–H groups in total. The van der Waals surface area contributed by atoms with Crippen molar-refractivity contribution < 1.29 is 8.42 Å². The van der Waals surface area contributed by atoms with Gasteiger partial charge in [0.15, 0.2) is 0 Å². The summed E-state index contributed by atoms with van der Waals surface area (Å²) in [4.78, 5) is 1.31. The summed E-state index contributed by atoms with van der Waals surface area (Å²) in [7, 11) is -0.0997. The van der Waals surface area contributed by atoms with Crippen molar-refractivity contribution >= 4 is 33.0 Å². The van der Waals surface area contributed by atoms with E-state index < -0.39 is 10.0 Å². The minimum Gasteiger partial charge on any atom is -0.315 e. The molecule has 1 heterocycles. The zero-order valence-electron chi connectivity index (χ0n) is 11.8.